The highest BCUT2D eigenvalue weighted by Gasteiger charge is 2.26. The van der Waals surface area contributed by atoms with E-state index in [0.717, 1.165) is 16.7 Å². The second-order valence-electron chi connectivity index (χ2n) is 7.40. The molecular formula is C18H25NO. The van der Waals surface area contributed by atoms with Crippen LogP contribution in [-0.4, -0.2) is 5.11 Å². The van der Waals surface area contributed by atoms with E-state index in [-0.39, 0.29) is 10.8 Å². The molecule has 2 heteroatoms. The van der Waals surface area contributed by atoms with E-state index in [1.54, 1.807) is 6.92 Å². The molecule has 0 radical (unpaired) electrons. The van der Waals surface area contributed by atoms with Gasteiger partial charge in [-0.15, -0.1) is 0 Å². The van der Waals surface area contributed by atoms with Gasteiger partial charge < -0.3 is 5.11 Å². The number of benzene rings is 1. The molecule has 0 aromatic heterocycles. The predicted octanol–water partition coefficient (Wildman–Crippen LogP) is 4.91. The Bertz CT molecular complexity index is 540. The monoisotopic (exact) mass is 271 g/mol. The summed E-state index contributed by atoms with van der Waals surface area (Å²) >= 11 is 0. The summed E-state index contributed by atoms with van der Waals surface area (Å²) in [6, 6.07) is 6.10. The molecule has 0 spiro atoms. The van der Waals surface area contributed by atoms with Crippen molar-refractivity contribution in [1.29, 1.82) is 5.26 Å². The Labute approximate surface area is 122 Å². The van der Waals surface area contributed by atoms with Gasteiger partial charge in [-0.3, -0.25) is 0 Å². The van der Waals surface area contributed by atoms with Gasteiger partial charge >= 0.3 is 0 Å². The smallest absolute Gasteiger partial charge is 0.123 e. The Morgan fingerprint density at radius 2 is 1.45 bits per heavy atom. The minimum absolute atomic E-state index is 0.144. The summed E-state index contributed by atoms with van der Waals surface area (Å²) < 4.78 is 0. The Balaban J connectivity index is 3.64. The Hall–Kier alpha value is -1.75. The summed E-state index contributed by atoms with van der Waals surface area (Å²) in [5.74, 6) is 0.372. The van der Waals surface area contributed by atoms with Crippen LogP contribution in [0.4, 0.5) is 0 Å². The third-order valence-corrected chi connectivity index (χ3v) is 3.31. The van der Waals surface area contributed by atoms with Gasteiger partial charge in [-0.25, -0.2) is 0 Å². The third kappa shape index (κ3) is 3.63. The number of phenols is 1. The van der Waals surface area contributed by atoms with Crippen LogP contribution in [-0.2, 0) is 10.8 Å². The number of hydrogen-bond donors (Lipinski definition) is 1. The SMILES string of the molecule is CC(C#N)=Cc1cc(C(C)(C)C)c(O)c(C(C)(C)C)c1. The number of allylic oxidation sites excluding steroid dienone is 1. The molecule has 0 fully saturated rings. The molecule has 0 aliphatic rings. The molecule has 0 saturated heterocycles. The first-order valence-electron chi connectivity index (χ1n) is 6.93. The van der Waals surface area contributed by atoms with E-state index >= 15 is 0 Å². The molecule has 2 nitrogen and oxygen atoms in total. The maximum Gasteiger partial charge on any atom is 0.123 e. The fourth-order valence-corrected chi connectivity index (χ4v) is 2.17. The second kappa shape index (κ2) is 5.32. The maximum atomic E-state index is 10.6. The van der Waals surface area contributed by atoms with E-state index in [1.165, 1.54) is 0 Å². The molecule has 0 heterocycles. The van der Waals surface area contributed by atoms with Crippen LogP contribution in [0.3, 0.4) is 0 Å². The highest BCUT2D eigenvalue weighted by molar-refractivity contribution is 5.62. The average molecular weight is 271 g/mol. The van der Waals surface area contributed by atoms with Gasteiger partial charge in [0.1, 0.15) is 5.75 Å². The summed E-state index contributed by atoms with van der Waals surface area (Å²) in [4.78, 5) is 0. The third-order valence-electron chi connectivity index (χ3n) is 3.31. The normalized spacial score (nSPS) is 13.2. The van der Waals surface area contributed by atoms with Gasteiger partial charge in [0, 0.05) is 16.7 Å². The van der Waals surface area contributed by atoms with E-state index < -0.39 is 0 Å². The lowest BCUT2D eigenvalue weighted by atomic mass is 9.78. The fraction of sp³-hybridized carbons (Fsp3) is 0.500. The first-order chi connectivity index (χ1) is 8.96. The highest BCUT2D eigenvalue weighted by Crippen LogP contribution is 2.40. The van der Waals surface area contributed by atoms with E-state index in [9.17, 15) is 5.11 Å². The molecule has 0 unspecified atom stereocenters. The van der Waals surface area contributed by atoms with Gasteiger partial charge in [0.15, 0.2) is 0 Å². The van der Waals surface area contributed by atoms with E-state index in [0.29, 0.717) is 11.3 Å². The molecule has 1 aromatic carbocycles. The van der Waals surface area contributed by atoms with Crippen LogP contribution in [0.2, 0.25) is 0 Å². The molecule has 0 atom stereocenters. The summed E-state index contributed by atoms with van der Waals surface area (Å²) in [5, 5.41) is 19.5. The molecule has 20 heavy (non-hydrogen) atoms. The highest BCUT2D eigenvalue weighted by atomic mass is 16.3. The molecule has 108 valence electrons. The lowest BCUT2D eigenvalue weighted by Gasteiger charge is -2.27. The van der Waals surface area contributed by atoms with E-state index in [2.05, 4.69) is 47.6 Å². The van der Waals surface area contributed by atoms with Gasteiger partial charge in [0.2, 0.25) is 0 Å². The van der Waals surface area contributed by atoms with Crippen molar-refractivity contribution in [3.8, 4) is 11.8 Å². The van der Waals surface area contributed by atoms with Crippen LogP contribution >= 0.6 is 0 Å². The molecule has 0 saturated carbocycles. The molecule has 1 rings (SSSR count). The Morgan fingerprint density at radius 3 is 1.75 bits per heavy atom. The summed E-state index contributed by atoms with van der Waals surface area (Å²) in [7, 11) is 0. The molecule has 0 bridgehead atoms. The van der Waals surface area contributed by atoms with Crippen molar-refractivity contribution in [1.82, 2.24) is 0 Å². The molecule has 1 aromatic rings. The number of nitrogens with zero attached hydrogens (tertiary/aromatic N) is 1. The predicted molar refractivity (Wildman–Crippen MR) is 84.8 cm³/mol. The number of phenolic OH excluding ortho intramolecular Hbond substituents is 1. The van der Waals surface area contributed by atoms with Gasteiger partial charge in [-0.05, 0) is 41.5 Å². The molecule has 0 aliphatic heterocycles. The fourth-order valence-electron chi connectivity index (χ4n) is 2.17. The van der Waals surface area contributed by atoms with Crippen molar-refractivity contribution < 1.29 is 5.11 Å². The topological polar surface area (TPSA) is 44.0 Å². The van der Waals surface area contributed by atoms with Gasteiger partial charge in [0.25, 0.3) is 0 Å². The van der Waals surface area contributed by atoms with Crippen LogP contribution in [0.15, 0.2) is 17.7 Å². The Kier molecular flexibility index (Phi) is 4.34. The maximum absolute atomic E-state index is 10.6. The van der Waals surface area contributed by atoms with Gasteiger partial charge in [-0.2, -0.15) is 5.26 Å². The van der Waals surface area contributed by atoms with Crippen LogP contribution in [0.5, 0.6) is 5.75 Å². The van der Waals surface area contributed by atoms with Crippen molar-refractivity contribution in [2.75, 3.05) is 0 Å². The number of hydrogen-bond acceptors (Lipinski definition) is 2. The average Bonchev–Trinajstić information content (AvgIpc) is 2.28. The van der Waals surface area contributed by atoms with Crippen LogP contribution in [0, 0.1) is 11.3 Å². The van der Waals surface area contributed by atoms with Crippen molar-refractivity contribution in [3.63, 3.8) is 0 Å². The van der Waals surface area contributed by atoms with Gasteiger partial charge in [0.05, 0.1) is 6.07 Å². The van der Waals surface area contributed by atoms with Crippen LogP contribution in [0.1, 0.15) is 65.2 Å². The molecule has 1 N–H and O–H groups in total. The zero-order valence-electron chi connectivity index (χ0n) is 13.6. The number of aromatic hydroxyl groups is 1. The second-order valence-corrected chi connectivity index (χ2v) is 7.40. The summed E-state index contributed by atoms with van der Waals surface area (Å²) in [5.41, 5.74) is 3.18. The summed E-state index contributed by atoms with van der Waals surface area (Å²) in [6.45, 7) is 14.3. The zero-order chi connectivity index (χ0) is 15.7. The molecule has 0 aliphatic carbocycles. The Morgan fingerprint density at radius 1 is 1.05 bits per heavy atom. The lowest BCUT2D eigenvalue weighted by molar-refractivity contribution is 0.423. The van der Waals surface area contributed by atoms with Crippen LogP contribution < -0.4 is 0 Å². The largest absolute Gasteiger partial charge is 0.507 e. The number of nitriles is 1. The zero-order valence-corrected chi connectivity index (χ0v) is 13.6. The minimum atomic E-state index is -0.144. The number of rotatable bonds is 1. The lowest BCUT2D eigenvalue weighted by Crippen LogP contribution is -2.17. The minimum Gasteiger partial charge on any atom is -0.507 e. The first kappa shape index (κ1) is 16.3. The van der Waals surface area contributed by atoms with Gasteiger partial charge in [-0.1, -0.05) is 41.5 Å². The van der Waals surface area contributed by atoms with Crippen molar-refractivity contribution in [2.24, 2.45) is 0 Å². The summed E-state index contributed by atoms with van der Waals surface area (Å²) in [6.07, 6.45) is 1.86. The van der Waals surface area contributed by atoms with Crippen molar-refractivity contribution in [2.45, 2.75) is 59.3 Å². The standard InChI is InChI=1S/C18H25NO/c1-12(11-19)8-13-9-14(17(2,3)4)16(20)15(10-13)18(5,6)7/h8-10,20H,1-7H3. The van der Waals surface area contributed by atoms with E-state index in [1.807, 2.05) is 18.2 Å². The first-order valence-corrected chi connectivity index (χ1v) is 6.93. The molecular weight excluding hydrogens is 246 g/mol. The van der Waals surface area contributed by atoms with Crippen molar-refractivity contribution in [3.05, 3.63) is 34.4 Å². The van der Waals surface area contributed by atoms with Crippen molar-refractivity contribution >= 4 is 6.08 Å². The molecule has 0 amide bonds. The van der Waals surface area contributed by atoms with E-state index in [4.69, 9.17) is 5.26 Å². The quantitative estimate of drug-likeness (QED) is 0.737. The van der Waals surface area contributed by atoms with Crippen LogP contribution in [0.25, 0.3) is 6.08 Å².